The molecule has 152 valence electrons. The fourth-order valence-electron chi connectivity index (χ4n) is 3.09. The van der Waals surface area contributed by atoms with Gasteiger partial charge in [0, 0.05) is 9.90 Å². The van der Waals surface area contributed by atoms with Gasteiger partial charge in [-0.1, -0.05) is 35.9 Å². The van der Waals surface area contributed by atoms with Crippen molar-refractivity contribution in [3.63, 3.8) is 0 Å². The molecule has 2 aromatic heterocycles. The van der Waals surface area contributed by atoms with Crippen LogP contribution in [0, 0.1) is 5.82 Å². The monoisotopic (exact) mass is 441 g/mol. The van der Waals surface area contributed by atoms with Gasteiger partial charge in [0.25, 0.3) is 5.56 Å². The fraction of sp³-hybridized carbons (Fsp3) is 0.136. The zero-order valence-corrected chi connectivity index (χ0v) is 17.5. The van der Waals surface area contributed by atoms with Gasteiger partial charge >= 0.3 is 0 Å². The number of thiophene rings is 1. The van der Waals surface area contributed by atoms with E-state index in [0.29, 0.717) is 15.2 Å². The summed E-state index contributed by atoms with van der Waals surface area (Å²) < 4.78 is 14.8. The molecule has 0 aliphatic carbocycles. The Morgan fingerprint density at radius 2 is 1.90 bits per heavy atom. The lowest BCUT2D eigenvalue weighted by atomic mass is 10.1. The lowest BCUT2D eigenvalue weighted by Crippen LogP contribution is -2.33. The summed E-state index contributed by atoms with van der Waals surface area (Å²) in [5, 5.41) is 3.46. The number of carbonyl (C=O) groups excluding carboxylic acids is 1. The lowest BCUT2D eigenvalue weighted by molar-refractivity contribution is -0.122. The summed E-state index contributed by atoms with van der Waals surface area (Å²) in [5.74, 6) is -0.665. The molecule has 2 aromatic carbocycles. The van der Waals surface area contributed by atoms with Crippen LogP contribution in [0.4, 0.5) is 4.39 Å². The number of hydrogen-bond donors (Lipinski definition) is 1. The van der Waals surface area contributed by atoms with E-state index < -0.39 is 0 Å². The Hall–Kier alpha value is -3.03. The molecular weight excluding hydrogens is 425 g/mol. The third-order valence-electron chi connectivity index (χ3n) is 4.69. The largest absolute Gasteiger partial charge is 0.348 e. The highest BCUT2D eigenvalue weighted by Gasteiger charge is 2.14. The van der Waals surface area contributed by atoms with Gasteiger partial charge in [0.2, 0.25) is 5.91 Å². The van der Waals surface area contributed by atoms with Gasteiger partial charge in [0.05, 0.1) is 17.9 Å². The molecule has 2 heterocycles. The zero-order chi connectivity index (χ0) is 21.3. The minimum absolute atomic E-state index is 0.151. The first kappa shape index (κ1) is 20.3. The minimum atomic E-state index is -0.336. The molecule has 0 aliphatic rings. The van der Waals surface area contributed by atoms with Crippen LogP contribution in [-0.4, -0.2) is 15.5 Å². The Bertz CT molecular complexity index is 1270. The van der Waals surface area contributed by atoms with Crippen LogP contribution in [0.1, 0.15) is 18.5 Å². The molecule has 0 radical (unpaired) electrons. The zero-order valence-electron chi connectivity index (χ0n) is 15.9. The second-order valence-corrected chi connectivity index (χ2v) is 8.34. The molecule has 0 aliphatic heterocycles. The molecule has 0 saturated carbocycles. The van der Waals surface area contributed by atoms with E-state index in [2.05, 4.69) is 10.3 Å². The first-order chi connectivity index (χ1) is 14.4. The topological polar surface area (TPSA) is 64.0 Å². The Kier molecular flexibility index (Phi) is 5.65. The maximum absolute atomic E-state index is 13.1. The van der Waals surface area contributed by atoms with Gasteiger partial charge in [0.15, 0.2) is 0 Å². The summed E-state index contributed by atoms with van der Waals surface area (Å²) in [4.78, 5) is 30.5. The Morgan fingerprint density at radius 3 is 2.60 bits per heavy atom. The van der Waals surface area contributed by atoms with Crippen molar-refractivity contribution in [3.05, 3.63) is 87.7 Å². The van der Waals surface area contributed by atoms with Crippen LogP contribution in [-0.2, 0) is 11.3 Å². The molecule has 1 N–H and O–H groups in total. The van der Waals surface area contributed by atoms with Gasteiger partial charge in [-0.3, -0.25) is 14.2 Å². The van der Waals surface area contributed by atoms with Crippen molar-refractivity contribution in [1.29, 1.82) is 0 Å². The van der Waals surface area contributed by atoms with E-state index >= 15 is 0 Å². The van der Waals surface area contributed by atoms with Crippen molar-refractivity contribution in [2.24, 2.45) is 0 Å². The first-order valence-corrected chi connectivity index (χ1v) is 10.4. The van der Waals surface area contributed by atoms with Crippen molar-refractivity contribution >= 4 is 39.1 Å². The fourth-order valence-corrected chi connectivity index (χ4v) is 4.28. The number of nitrogens with zero attached hydrogens (tertiary/aromatic N) is 2. The van der Waals surface area contributed by atoms with Gasteiger partial charge in [0.1, 0.15) is 17.1 Å². The summed E-state index contributed by atoms with van der Waals surface area (Å²) in [6.45, 7) is 1.65. The summed E-state index contributed by atoms with van der Waals surface area (Å²) in [7, 11) is 0. The average Bonchev–Trinajstić information content (AvgIpc) is 3.16. The maximum atomic E-state index is 13.1. The van der Waals surface area contributed by atoms with Crippen LogP contribution in [0.2, 0.25) is 5.02 Å². The molecule has 4 rings (SSSR count). The van der Waals surface area contributed by atoms with E-state index in [9.17, 15) is 14.0 Å². The third-order valence-corrected chi connectivity index (χ3v) is 6.11. The molecule has 0 saturated heterocycles. The van der Waals surface area contributed by atoms with Gasteiger partial charge in [-0.25, -0.2) is 9.37 Å². The second kappa shape index (κ2) is 8.38. The predicted octanol–water partition coefficient (Wildman–Crippen LogP) is 4.79. The second-order valence-electron chi connectivity index (χ2n) is 6.85. The molecule has 4 aromatic rings. The number of amides is 1. The van der Waals surface area contributed by atoms with E-state index in [1.807, 2.05) is 18.2 Å². The van der Waals surface area contributed by atoms with Gasteiger partial charge in [-0.2, -0.15) is 0 Å². The molecule has 1 amide bonds. The van der Waals surface area contributed by atoms with Crippen LogP contribution in [0.15, 0.2) is 65.7 Å². The Balaban J connectivity index is 1.53. The number of hydrogen-bond acceptors (Lipinski definition) is 4. The SMILES string of the molecule is C[C@@H](NC(=O)Cn1cnc2cc(-c3ccc(Cl)cc3)sc2c1=O)c1ccc(F)cc1. The molecular formula is C22H17ClFN3O2S. The molecule has 30 heavy (non-hydrogen) atoms. The molecule has 1 atom stereocenters. The van der Waals surface area contributed by atoms with Crippen LogP contribution >= 0.6 is 22.9 Å². The number of benzene rings is 2. The maximum Gasteiger partial charge on any atom is 0.271 e. The smallest absolute Gasteiger partial charge is 0.271 e. The van der Waals surface area contributed by atoms with E-state index in [0.717, 1.165) is 16.0 Å². The van der Waals surface area contributed by atoms with Crippen molar-refractivity contribution in [1.82, 2.24) is 14.9 Å². The highest BCUT2D eigenvalue weighted by Crippen LogP contribution is 2.31. The number of nitrogens with one attached hydrogen (secondary N) is 1. The van der Waals surface area contributed by atoms with Crippen LogP contribution in [0.3, 0.4) is 0 Å². The van der Waals surface area contributed by atoms with Crippen molar-refractivity contribution in [2.75, 3.05) is 0 Å². The Labute approximate surface area is 180 Å². The Morgan fingerprint density at radius 1 is 1.20 bits per heavy atom. The molecule has 0 unspecified atom stereocenters. The normalized spacial score (nSPS) is 12.1. The van der Waals surface area contributed by atoms with Crippen LogP contribution < -0.4 is 10.9 Å². The highest BCUT2D eigenvalue weighted by atomic mass is 35.5. The van der Waals surface area contributed by atoms with Gasteiger partial charge < -0.3 is 5.32 Å². The van der Waals surface area contributed by atoms with E-state index in [1.165, 1.54) is 34.4 Å². The molecule has 8 heteroatoms. The lowest BCUT2D eigenvalue weighted by Gasteiger charge is -2.14. The molecule has 5 nitrogen and oxygen atoms in total. The number of aromatic nitrogens is 2. The van der Waals surface area contributed by atoms with Crippen molar-refractivity contribution in [2.45, 2.75) is 19.5 Å². The number of rotatable bonds is 5. The number of fused-ring (bicyclic) bond motifs is 1. The summed E-state index contributed by atoms with van der Waals surface area (Å²) in [6.07, 6.45) is 1.38. The standard InChI is InChI=1S/C22H17ClFN3O2S/c1-13(14-4-8-17(24)9-5-14)26-20(28)11-27-12-25-18-10-19(30-21(18)22(27)29)15-2-6-16(23)7-3-15/h2-10,12-13H,11H2,1H3,(H,26,28)/t13-/m1/s1. The predicted molar refractivity (Wildman–Crippen MR) is 117 cm³/mol. The minimum Gasteiger partial charge on any atom is -0.348 e. The van der Waals surface area contributed by atoms with Crippen LogP contribution in [0.5, 0.6) is 0 Å². The van der Waals surface area contributed by atoms with Crippen LogP contribution in [0.25, 0.3) is 20.7 Å². The van der Waals surface area contributed by atoms with E-state index in [1.54, 1.807) is 31.2 Å². The number of halogens is 2. The summed E-state index contributed by atoms with van der Waals surface area (Å²) in [6, 6.07) is 14.8. The quantitative estimate of drug-likeness (QED) is 0.484. The number of carbonyl (C=O) groups is 1. The average molecular weight is 442 g/mol. The third kappa shape index (κ3) is 4.27. The highest BCUT2D eigenvalue weighted by molar-refractivity contribution is 7.22. The molecule has 0 spiro atoms. The van der Waals surface area contributed by atoms with Crippen molar-refractivity contribution in [3.8, 4) is 10.4 Å². The molecule has 0 bridgehead atoms. The van der Waals surface area contributed by atoms with E-state index in [4.69, 9.17) is 11.6 Å². The van der Waals surface area contributed by atoms with E-state index in [-0.39, 0.29) is 29.9 Å². The van der Waals surface area contributed by atoms with Gasteiger partial charge in [-0.15, -0.1) is 11.3 Å². The first-order valence-electron chi connectivity index (χ1n) is 9.20. The van der Waals surface area contributed by atoms with Crippen molar-refractivity contribution < 1.29 is 9.18 Å². The summed E-state index contributed by atoms with van der Waals surface area (Å²) >= 11 is 7.27. The molecule has 0 fully saturated rings. The summed E-state index contributed by atoms with van der Waals surface area (Å²) in [5.41, 5.74) is 2.04. The van der Waals surface area contributed by atoms with Gasteiger partial charge in [-0.05, 0) is 48.4 Å².